The highest BCUT2D eigenvalue weighted by molar-refractivity contribution is 7.15. The van der Waals surface area contributed by atoms with Crippen LogP contribution in [-0.4, -0.2) is 60.2 Å². The normalized spacial score (nSPS) is 16.2. The highest BCUT2D eigenvalue weighted by Crippen LogP contribution is 2.34. The molecule has 1 saturated heterocycles. The van der Waals surface area contributed by atoms with Gasteiger partial charge in [-0.1, -0.05) is 0 Å². The molecule has 30 heavy (non-hydrogen) atoms. The van der Waals surface area contributed by atoms with Crippen molar-refractivity contribution in [2.24, 2.45) is 0 Å². The minimum atomic E-state index is 0.0874. The lowest BCUT2D eigenvalue weighted by Crippen LogP contribution is -2.37. The third-order valence-electron chi connectivity index (χ3n) is 5.50. The van der Waals surface area contributed by atoms with Gasteiger partial charge in [0.1, 0.15) is 11.5 Å². The lowest BCUT2D eigenvalue weighted by atomic mass is 10.1. The van der Waals surface area contributed by atoms with Crippen molar-refractivity contribution in [1.29, 1.82) is 0 Å². The molecule has 3 aromatic rings. The second-order valence-corrected chi connectivity index (χ2v) is 8.26. The number of carbonyl (C=O) groups is 1. The molecule has 0 spiro atoms. The molecule has 1 unspecified atom stereocenters. The number of hydrogen-bond acceptors (Lipinski definition) is 6. The quantitative estimate of drug-likeness (QED) is 0.547. The Morgan fingerprint density at radius 1 is 1.37 bits per heavy atom. The van der Waals surface area contributed by atoms with E-state index in [1.54, 1.807) is 32.5 Å². The zero-order valence-corrected chi connectivity index (χ0v) is 18.4. The predicted octanol–water partition coefficient (Wildman–Crippen LogP) is 3.65. The number of fused-ring (bicyclic) bond motifs is 1. The molecule has 4 rings (SSSR count). The van der Waals surface area contributed by atoms with Crippen LogP contribution in [0.15, 0.2) is 29.8 Å². The third-order valence-corrected chi connectivity index (χ3v) is 6.39. The van der Waals surface area contributed by atoms with Crippen molar-refractivity contribution in [3.05, 3.63) is 35.5 Å². The fraction of sp³-hybridized carbons (Fsp3) is 0.455. The number of thiazole rings is 1. The number of imidazole rings is 1. The minimum absolute atomic E-state index is 0.0874. The first-order valence-corrected chi connectivity index (χ1v) is 11.0. The van der Waals surface area contributed by atoms with Crippen LogP contribution in [0.25, 0.3) is 16.2 Å². The Labute approximate surface area is 180 Å². The number of aromatic nitrogens is 2. The summed E-state index contributed by atoms with van der Waals surface area (Å²) in [4.78, 5) is 19.7. The molecule has 1 aliphatic rings. The van der Waals surface area contributed by atoms with Gasteiger partial charge in [-0.2, -0.15) is 0 Å². The van der Waals surface area contributed by atoms with E-state index < -0.39 is 0 Å². The number of amides is 1. The number of rotatable bonds is 8. The van der Waals surface area contributed by atoms with Gasteiger partial charge in [0, 0.05) is 55.9 Å². The Balaban J connectivity index is 1.54. The van der Waals surface area contributed by atoms with E-state index in [4.69, 9.17) is 19.2 Å². The lowest BCUT2D eigenvalue weighted by molar-refractivity contribution is -0.130. The largest absolute Gasteiger partial charge is 0.497 e. The van der Waals surface area contributed by atoms with Crippen molar-refractivity contribution in [1.82, 2.24) is 14.3 Å². The van der Waals surface area contributed by atoms with E-state index in [0.717, 1.165) is 59.3 Å². The minimum Gasteiger partial charge on any atom is -0.497 e. The highest BCUT2D eigenvalue weighted by atomic mass is 32.1. The zero-order valence-electron chi connectivity index (χ0n) is 17.6. The van der Waals surface area contributed by atoms with Crippen molar-refractivity contribution < 1.29 is 19.0 Å². The maximum atomic E-state index is 12.1. The summed E-state index contributed by atoms with van der Waals surface area (Å²) in [7, 11) is 3.30. The van der Waals surface area contributed by atoms with Gasteiger partial charge >= 0.3 is 0 Å². The van der Waals surface area contributed by atoms with E-state index in [1.165, 1.54) is 0 Å². The maximum Gasteiger partial charge on any atom is 0.219 e. The molecule has 1 fully saturated rings. The summed E-state index contributed by atoms with van der Waals surface area (Å²) in [6, 6.07) is 5.69. The molecule has 160 valence electrons. The van der Waals surface area contributed by atoms with E-state index in [-0.39, 0.29) is 12.0 Å². The number of ether oxygens (including phenoxy) is 3. The summed E-state index contributed by atoms with van der Waals surface area (Å²) >= 11 is 1.60. The summed E-state index contributed by atoms with van der Waals surface area (Å²) in [6.45, 7) is 3.76. The van der Waals surface area contributed by atoms with Gasteiger partial charge in [0.2, 0.25) is 5.91 Å². The summed E-state index contributed by atoms with van der Waals surface area (Å²) in [5, 5.41) is 2.11. The van der Waals surface area contributed by atoms with Crippen molar-refractivity contribution in [2.75, 3.05) is 33.9 Å². The van der Waals surface area contributed by atoms with Crippen LogP contribution in [0.1, 0.15) is 25.5 Å². The fourth-order valence-corrected chi connectivity index (χ4v) is 4.72. The molecule has 7 nitrogen and oxygen atoms in total. The van der Waals surface area contributed by atoms with Crippen LogP contribution >= 0.6 is 11.3 Å². The molecular weight excluding hydrogens is 402 g/mol. The van der Waals surface area contributed by atoms with Gasteiger partial charge in [-0.25, -0.2) is 4.98 Å². The van der Waals surface area contributed by atoms with Crippen molar-refractivity contribution in [3.63, 3.8) is 0 Å². The number of methoxy groups -OCH3 is 2. The Kier molecular flexibility index (Phi) is 6.24. The van der Waals surface area contributed by atoms with Crippen LogP contribution < -0.4 is 9.47 Å². The number of nitrogens with zero attached hydrogens (tertiary/aromatic N) is 3. The first kappa shape index (κ1) is 20.7. The second kappa shape index (κ2) is 9.06. The van der Waals surface area contributed by atoms with Crippen LogP contribution in [0, 0.1) is 0 Å². The molecule has 0 N–H and O–H groups in total. The molecule has 3 heterocycles. The van der Waals surface area contributed by atoms with Gasteiger partial charge in [-0.05, 0) is 31.0 Å². The first-order chi connectivity index (χ1) is 14.6. The smallest absolute Gasteiger partial charge is 0.219 e. The average Bonchev–Trinajstić information content (AvgIpc) is 3.48. The predicted molar refractivity (Wildman–Crippen MR) is 117 cm³/mol. The van der Waals surface area contributed by atoms with E-state index >= 15 is 0 Å². The molecule has 0 radical (unpaired) electrons. The number of carbonyl (C=O) groups excluding carboxylic acids is 1. The van der Waals surface area contributed by atoms with Gasteiger partial charge < -0.3 is 19.1 Å². The summed E-state index contributed by atoms with van der Waals surface area (Å²) in [5.41, 5.74) is 2.86. The van der Waals surface area contributed by atoms with E-state index in [9.17, 15) is 4.79 Å². The lowest BCUT2D eigenvalue weighted by Gasteiger charge is -2.24. The molecule has 0 saturated carbocycles. The van der Waals surface area contributed by atoms with Gasteiger partial charge in [0.25, 0.3) is 0 Å². The van der Waals surface area contributed by atoms with E-state index in [2.05, 4.69) is 9.78 Å². The topological polar surface area (TPSA) is 65.3 Å². The molecule has 2 aromatic heterocycles. The Bertz CT molecular complexity index is 1020. The van der Waals surface area contributed by atoms with E-state index in [0.29, 0.717) is 13.1 Å². The summed E-state index contributed by atoms with van der Waals surface area (Å²) in [6.07, 6.45) is 5.05. The number of hydrogen-bond donors (Lipinski definition) is 0. The molecule has 1 aliphatic heterocycles. The fourth-order valence-electron chi connectivity index (χ4n) is 3.81. The third kappa shape index (κ3) is 4.29. The van der Waals surface area contributed by atoms with Crippen molar-refractivity contribution >= 4 is 22.2 Å². The molecular formula is C22H27N3O4S. The van der Waals surface area contributed by atoms with Gasteiger partial charge in [0.15, 0.2) is 4.96 Å². The second-order valence-electron chi connectivity index (χ2n) is 7.42. The van der Waals surface area contributed by atoms with Crippen LogP contribution in [0.3, 0.4) is 0 Å². The Morgan fingerprint density at radius 2 is 2.23 bits per heavy atom. The number of benzene rings is 1. The molecule has 0 bridgehead atoms. The molecule has 1 aromatic carbocycles. The Morgan fingerprint density at radius 3 is 2.93 bits per heavy atom. The summed E-state index contributed by atoms with van der Waals surface area (Å²) in [5.74, 6) is 1.60. The Hall–Kier alpha value is -2.58. The van der Waals surface area contributed by atoms with Gasteiger partial charge in [-0.3, -0.25) is 9.20 Å². The SMILES string of the molecule is COc1ccc(OC)c(-c2cn3c(CCN(CC4CCCO4)C(C)=O)csc3n2)c1. The average molecular weight is 430 g/mol. The molecule has 0 aliphatic carbocycles. The monoisotopic (exact) mass is 429 g/mol. The highest BCUT2D eigenvalue weighted by Gasteiger charge is 2.21. The first-order valence-electron chi connectivity index (χ1n) is 10.1. The van der Waals surface area contributed by atoms with Gasteiger partial charge in [0.05, 0.1) is 26.0 Å². The van der Waals surface area contributed by atoms with E-state index in [1.807, 2.05) is 29.3 Å². The van der Waals surface area contributed by atoms with Crippen LogP contribution in [0.5, 0.6) is 11.5 Å². The molecule has 1 atom stereocenters. The van der Waals surface area contributed by atoms with Crippen LogP contribution in [-0.2, 0) is 16.0 Å². The molecule has 1 amide bonds. The molecule has 8 heteroatoms. The zero-order chi connectivity index (χ0) is 21.1. The standard InChI is InChI=1S/C22H27N3O4S/c1-15(26)24(12-18-5-4-10-29-18)9-8-16-14-30-22-23-20(13-25(16)22)19-11-17(27-2)6-7-21(19)28-3/h6-7,11,13-14,18H,4-5,8-10,12H2,1-3H3. The summed E-state index contributed by atoms with van der Waals surface area (Å²) < 4.78 is 18.7. The van der Waals surface area contributed by atoms with Crippen LogP contribution in [0.4, 0.5) is 0 Å². The van der Waals surface area contributed by atoms with Gasteiger partial charge in [-0.15, -0.1) is 11.3 Å². The maximum absolute atomic E-state index is 12.1. The van der Waals surface area contributed by atoms with Crippen molar-refractivity contribution in [3.8, 4) is 22.8 Å². The van der Waals surface area contributed by atoms with Crippen LogP contribution in [0.2, 0.25) is 0 Å². The van der Waals surface area contributed by atoms with Crippen molar-refractivity contribution in [2.45, 2.75) is 32.3 Å².